The summed E-state index contributed by atoms with van der Waals surface area (Å²) < 4.78 is 7.06. The van der Waals surface area contributed by atoms with Crippen molar-refractivity contribution >= 4 is 10.8 Å². The molecule has 0 spiro atoms. The van der Waals surface area contributed by atoms with E-state index < -0.39 is 0 Å². The molecule has 0 radical (unpaired) electrons. The molecule has 0 atom stereocenters. The van der Waals surface area contributed by atoms with Crippen LogP contribution >= 0.6 is 0 Å². The van der Waals surface area contributed by atoms with Gasteiger partial charge in [-0.25, -0.2) is 0 Å². The first-order chi connectivity index (χ1) is 12.1. The van der Waals surface area contributed by atoms with Crippen molar-refractivity contribution in [1.82, 2.24) is 9.55 Å². The molecular formula is C22H28N2O2. The monoisotopic (exact) mass is 352 g/mol. The Kier molecular flexibility index (Phi) is 5.86. The van der Waals surface area contributed by atoms with E-state index in [9.17, 15) is 4.79 Å². The summed E-state index contributed by atoms with van der Waals surface area (Å²) in [5.74, 6) is 0.789. The van der Waals surface area contributed by atoms with E-state index in [1.807, 2.05) is 31.3 Å². The fraction of sp³-hybridized carbons (Fsp3) is 0.364. The van der Waals surface area contributed by atoms with Crippen LogP contribution in [0.1, 0.15) is 33.3 Å². The molecule has 2 aromatic heterocycles. The average Bonchev–Trinajstić information content (AvgIpc) is 2.56. The Morgan fingerprint density at radius 2 is 1.69 bits per heavy atom. The summed E-state index contributed by atoms with van der Waals surface area (Å²) in [7, 11) is 3.40. The minimum Gasteiger partial charge on any atom is -0.496 e. The number of pyridine rings is 2. The summed E-state index contributed by atoms with van der Waals surface area (Å²) in [6.45, 7) is 10.8. The minimum absolute atomic E-state index is 0.0477. The molecule has 0 aliphatic rings. The molecule has 138 valence electrons. The Bertz CT molecular complexity index is 960. The molecule has 2 heterocycles. The average molecular weight is 352 g/mol. The lowest BCUT2D eigenvalue weighted by atomic mass is 9.99. The highest BCUT2D eigenvalue weighted by molar-refractivity contribution is 5.96. The number of ether oxygens (including phenoxy) is 1. The van der Waals surface area contributed by atoms with Gasteiger partial charge in [-0.3, -0.25) is 9.78 Å². The van der Waals surface area contributed by atoms with Gasteiger partial charge in [-0.15, -0.1) is 0 Å². The summed E-state index contributed by atoms with van der Waals surface area (Å²) in [5.41, 5.74) is 3.54. The van der Waals surface area contributed by atoms with Gasteiger partial charge in [-0.05, 0) is 35.9 Å². The third kappa shape index (κ3) is 4.72. The van der Waals surface area contributed by atoms with Crippen molar-refractivity contribution in [3.05, 3.63) is 58.8 Å². The van der Waals surface area contributed by atoms with Gasteiger partial charge in [0, 0.05) is 36.8 Å². The summed E-state index contributed by atoms with van der Waals surface area (Å²) in [5, 5.41) is 1.50. The van der Waals surface area contributed by atoms with Crippen molar-refractivity contribution in [3.8, 4) is 16.9 Å². The van der Waals surface area contributed by atoms with Crippen molar-refractivity contribution in [2.24, 2.45) is 12.5 Å². The molecule has 0 unspecified atom stereocenters. The maximum Gasteiger partial charge on any atom is 0.259 e. The molecule has 0 aliphatic carbocycles. The SMILES string of the molecule is CC(C)(C)C.COc1ccc(C)cc1-c1cn(C)c(=O)c2cnccc12. The van der Waals surface area contributed by atoms with Gasteiger partial charge in [-0.1, -0.05) is 39.3 Å². The molecule has 0 saturated heterocycles. The highest BCUT2D eigenvalue weighted by atomic mass is 16.5. The van der Waals surface area contributed by atoms with Gasteiger partial charge >= 0.3 is 0 Å². The lowest BCUT2D eigenvalue weighted by molar-refractivity contribution is 0.416. The molecule has 1 aromatic carbocycles. The molecule has 0 fully saturated rings. The van der Waals surface area contributed by atoms with Crippen LogP contribution in [-0.4, -0.2) is 16.7 Å². The number of methoxy groups -OCH3 is 1. The van der Waals surface area contributed by atoms with Crippen LogP contribution in [0, 0.1) is 12.3 Å². The normalized spacial score (nSPS) is 11.0. The molecule has 4 heteroatoms. The van der Waals surface area contributed by atoms with E-state index >= 15 is 0 Å². The number of aryl methyl sites for hydroxylation is 2. The van der Waals surface area contributed by atoms with Crippen LogP contribution in [0.4, 0.5) is 0 Å². The van der Waals surface area contributed by atoms with Crippen LogP contribution in [0.5, 0.6) is 5.75 Å². The molecular weight excluding hydrogens is 324 g/mol. The van der Waals surface area contributed by atoms with Crippen LogP contribution in [0.3, 0.4) is 0 Å². The van der Waals surface area contributed by atoms with Gasteiger partial charge in [0.2, 0.25) is 0 Å². The Labute approximate surface area is 155 Å². The van der Waals surface area contributed by atoms with Gasteiger partial charge in [0.15, 0.2) is 0 Å². The molecule has 0 bridgehead atoms. The van der Waals surface area contributed by atoms with E-state index in [1.54, 1.807) is 31.1 Å². The van der Waals surface area contributed by atoms with Crippen molar-refractivity contribution in [1.29, 1.82) is 0 Å². The molecule has 0 saturated carbocycles. The van der Waals surface area contributed by atoms with Crippen LogP contribution in [-0.2, 0) is 7.05 Å². The van der Waals surface area contributed by atoms with E-state index in [2.05, 4.69) is 38.7 Å². The number of fused-ring (bicyclic) bond motifs is 1. The Morgan fingerprint density at radius 1 is 1.04 bits per heavy atom. The summed E-state index contributed by atoms with van der Waals surface area (Å²) >= 11 is 0. The number of aromatic nitrogens is 2. The first-order valence-corrected chi connectivity index (χ1v) is 8.70. The molecule has 26 heavy (non-hydrogen) atoms. The predicted octanol–water partition coefficient (Wildman–Crippen LogP) is 4.97. The number of nitrogens with zero attached hydrogens (tertiary/aromatic N) is 2. The summed E-state index contributed by atoms with van der Waals surface area (Å²) in [6, 6.07) is 7.89. The molecule has 0 amide bonds. The van der Waals surface area contributed by atoms with E-state index in [0.717, 1.165) is 27.8 Å². The summed E-state index contributed by atoms with van der Waals surface area (Å²) in [4.78, 5) is 16.3. The molecule has 0 N–H and O–H groups in total. The van der Waals surface area contributed by atoms with Gasteiger partial charge in [-0.2, -0.15) is 0 Å². The van der Waals surface area contributed by atoms with E-state index in [1.165, 1.54) is 0 Å². The molecule has 3 rings (SSSR count). The Morgan fingerprint density at radius 3 is 2.31 bits per heavy atom. The van der Waals surface area contributed by atoms with E-state index in [4.69, 9.17) is 4.74 Å². The van der Waals surface area contributed by atoms with Gasteiger partial charge in [0.25, 0.3) is 5.56 Å². The zero-order valence-electron chi connectivity index (χ0n) is 16.8. The Hall–Kier alpha value is -2.62. The largest absolute Gasteiger partial charge is 0.496 e. The quantitative estimate of drug-likeness (QED) is 0.654. The number of benzene rings is 1. The first kappa shape index (κ1) is 19.7. The third-order valence-corrected chi connectivity index (χ3v) is 3.63. The van der Waals surface area contributed by atoms with Gasteiger partial charge in [0.1, 0.15) is 5.75 Å². The lowest BCUT2D eigenvalue weighted by Gasteiger charge is -2.13. The second kappa shape index (κ2) is 7.73. The highest BCUT2D eigenvalue weighted by Crippen LogP contribution is 2.34. The topological polar surface area (TPSA) is 44.1 Å². The standard InChI is InChI=1S/C17H16N2O2.C5H12/c1-11-4-5-16(21-3)13(8-11)15-10-19(2)17(20)14-9-18-7-6-12(14)15;1-5(2,3)4/h4-10H,1-3H3;1-4H3. The lowest BCUT2D eigenvalue weighted by Crippen LogP contribution is -2.16. The minimum atomic E-state index is -0.0477. The maximum absolute atomic E-state index is 12.2. The fourth-order valence-corrected chi connectivity index (χ4v) is 2.56. The maximum atomic E-state index is 12.2. The van der Waals surface area contributed by atoms with E-state index in [-0.39, 0.29) is 5.56 Å². The molecule has 0 aliphatic heterocycles. The van der Waals surface area contributed by atoms with Crippen molar-refractivity contribution in [3.63, 3.8) is 0 Å². The van der Waals surface area contributed by atoms with Crippen molar-refractivity contribution in [2.75, 3.05) is 7.11 Å². The van der Waals surface area contributed by atoms with Crippen LogP contribution in [0.2, 0.25) is 0 Å². The smallest absolute Gasteiger partial charge is 0.259 e. The summed E-state index contributed by atoms with van der Waals surface area (Å²) in [6.07, 6.45) is 5.17. The fourth-order valence-electron chi connectivity index (χ4n) is 2.56. The van der Waals surface area contributed by atoms with E-state index in [0.29, 0.717) is 10.8 Å². The highest BCUT2D eigenvalue weighted by Gasteiger charge is 2.13. The van der Waals surface area contributed by atoms with Crippen LogP contribution in [0.15, 0.2) is 47.7 Å². The molecule has 4 nitrogen and oxygen atoms in total. The zero-order valence-corrected chi connectivity index (χ0v) is 16.8. The first-order valence-electron chi connectivity index (χ1n) is 8.70. The van der Waals surface area contributed by atoms with Crippen molar-refractivity contribution < 1.29 is 4.74 Å². The number of hydrogen-bond donors (Lipinski definition) is 0. The van der Waals surface area contributed by atoms with Crippen LogP contribution in [0.25, 0.3) is 21.9 Å². The number of rotatable bonds is 2. The Balaban J connectivity index is 0.000000431. The van der Waals surface area contributed by atoms with Gasteiger partial charge < -0.3 is 9.30 Å². The second-order valence-corrected chi connectivity index (χ2v) is 8.08. The van der Waals surface area contributed by atoms with Gasteiger partial charge in [0.05, 0.1) is 12.5 Å². The van der Waals surface area contributed by atoms with Crippen molar-refractivity contribution in [2.45, 2.75) is 34.6 Å². The zero-order chi connectivity index (χ0) is 19.5. The second-order valence-electron chi connectivity index (χ2n) is 8.08. The third-order valence-electron chi connectivity index (χ3n) is 3.63. The molecule has 3 aromatic rings. The number of hydrogen-bond acceptors (Lipinski definition) is 3. The van der Waals surface area contributed by atoms with Crippen LogP contribution < -0.4 is 10.3 Å². The predicted molar refractivity (Wildman–Crippen MR) is 109 cm³/mol.